The number of ether oxygens (including phenoxy) is 2. The maximum Gasteiger partial charge on any atom is 0.257 e. The number of nitrogens with zero attached hydrogens (tertiary/aromatic N) is 3. The minimum absolute atomic E-state index is 0.0274. The van der Waals surface area contributed by atoms with E-state index in [-0.39, 0.29) is 12.0 Å². The molecule has 150 valence electrons. The number of carbonyl (C=O) groups excluding carboxylic acids is 1. The minimum Gasteiger partial charge on any atom is -0.496 e. The molecule has 0 bridgehead atoms. The Labute approximate surface area is 170 Å². The summed E-state index contributed by atoms with van der Waals surface area (Å²) in [6.07, 6.45) is 1.87. The highest BCUT2D eigenvalue weighted by Crippen LogP contribution is 2.32. The fourth-order valence-electron chi connectivity index (χ4n) is 3.64. The van der Waals surface area contributed by atoms with E-state index in [0.29, 0.717) is 43.2 Å². The van der Waals surface area contributed by atoms with Gasteiger partial charge >= 0.3 is 0 Å². The van der Waals surface area contributed by atoms with E-state index < -0.39 is 0 Å². The van der Waals surface area contributed by atoms with Crippen molar-refractivity contribution in [3.8, 4) is 17.0 Å². The lowest BCUT2D eigenvalue weighted by Crippen LogP contribution is -2.44. The highest BCUT2D eigenvalue weighted by molar-refractivity contribution is 6.00. The molecule has 2 aromatic carbocycles. The topological polar surface area (TPSA) is 56.6 Å². The van der Waals surface area contributed by atoms with Crippen LogP contribution in [0.3, 0.4) is 0 Å². The lowest BCUT2D eigenvalue weighted by molar-refractivity contribution is -0.0123. The number of methoxy groups -OCH3 is 1. The molecule has 2 heterocycles. The largest absolute Gasteiger partial charge is 0.496 e. The van der Waals surface area contributed by atoms with E-state index in [1.54, 1.807) is 7.11 Å². The first-order valence-corrected chi connectivity index (χ1v) is 9.81. The molecule has 29 heavy (non-hydrogen) atoms. The van der Waals surface area contributed by atoms with E-state index in [1.807, 2.05) is 65.2 Å². The Morgan fingerprint density at radius 2 is 1.93 bits per heavy atom. The van der Waals surface area contributed by atoms with E-state index in [0.717, 1.165) is 11.1 Å². The summed E-state index contributed by atoms with van der Waals surface area (Å²) in [4.78, 5) is 15.2. The zero-order chi connectivity index (χ0) is 20.2. The summed E-state index contributed by atoms with van der Waals surface area (Å²) in [5.41, 5.74) is 3.16. The minimum atomic E-state index is -0.0274. The quantitative estimate of drug-likeness (QED) is 0.668. The number of aromatic nitrogens is 2. The average molecular weight is 391 g/mol. The molecule has 1 aliphatic rings. The van der Waals surface area contributed by atoms with Gasteiger partial charge in [0, 0.05) is 24.8 Å². The van der Waals surface area contributed by atoms with Crippen LogP contribution in [0.5, 0.6) is 5.75 Å². The molecule has 0 N–H and O–H groups in total. The van der Waals surface area contributed by atoms with Crippen LogP contribution in [0.2, 0.25) is 0 Å². The molecule has 1 aromatic heterocycles. The van der Waals surface area contributed by atoms with Crippen molar-refractivity contribution in [2.45, 2.75) is 19.6 Å². The second-order valence-corrected chi connectivity index (χ2v) is 7.21. The fourth-order valence-corrected chi connectivity index (χ4v) is 3.64. The van der Waals surface area contributed by atoms with Crippen LogP contribution in [-0.2, 0) is 11.3 Å². The Kier molecular flexibility index (Phi) is 5.62. The molecule has 4 rings (SSSR count). The van der Waals surface area contributed by atoms with Gasteiger partial charge in [-0.1, -0.05) is 42.5 Å². The van der Waals surface area contributed by atoms with Gasteiger partial charge in [0.25, 0.3) is 5.91 Å². The van der Waals surface area contributed by atoms with Crippen molar-refractivity contribution in [1.29, 1.82) is 0 Å². The first-order valence-electron chi connectivity index (χ1n) is 9.81. The average Bonchev–Trinajstić information content (AvgIpc) is 3.17. The van der Waals surface area contributed by atoms with Gasteiger partial charge in [-0.15, -0.1) is 0 Å². The first kappa shape index (κ1) is 19.2. The van der Waals surface area contributed by atoms with Crippen LogP contribution < -0.4 is 4.74 Å². The predicted molar refractivity (Wildman–Crippen MR) is 111 cm³/mol. The van der Waals surface area contributed by atoms with Gasteiger partial charge in [-0.2, -0.15) is 5.10 Å². The third kappa shape index (κ3) is 4.17. The molecular weight excluding hydrogens is 366 g/mol. The van der Waals surface area contributed by atoms with E-state index in [1.165, 1.54) is 0 Å². The Bertz CT molecular complexity index is 984. The zero-order valence-corrected chi connectivity index (χ0v) is 16.7. The number of para-hydroxylation sites is 1. The van der Waals surface area contributed by atoms with Gasteiger partial charge in [0.1, 0.15) is 11.4 Å². The number of morpholine rings is 1. The molecule has 0 aliphatic carbocycles. The van der Waals surface area contributed by atoms with Gasteiger partial charge in [-0.25, -0.2) is 0 Å². The van der Waals surface area contributed by atoms with Crippen LogP contribution in [0.25, 0.3) is 11.3 Å². The number of rotatable bonds is 5. The Balaban J connectivity index is 1.74. The summed E-state index contributed by atoms with van der Waals surface area (Å²) >= 11 is 0. The van der Waals surface area contributed by atoms with Gasteiger partial charge in [0.15, 0.2) is 0 Å². The number of amides is 1. The maximum absolute atomic E-state index is 13.4. The van der Waals surface area contributed by atoms with Crippen molar-refractivity contribution in [2.24, 2.45) is 0 Å². The number of hydrogen-bond donors (Lipinski definition) is 0. The van der Waals surface area contributed by atoms with Crippen LogP contribution in [-0.4, -0.2) is 53.5 Å². The Morgan fingerprint density at radius 1 is 1.17 bits per heavy atom. The monoisotopic (exact) mass is 391 g/mol. The van der Waals surface area contributed by atoms with Gasteiger partial charge in [0.05, 0.1) is 31.9 Å². The van der Waals surface area contributed by atoms with Gasteiger partial charge in [-0.3, -0.25) is 9.48 Å². The molecule has 0 saturated carbocycles. The predicted octanol–water partition coefficient (Wildman–Crippen LogP) is 3.47. The lowest BCUT2D eigenvalue weighted by Gasteiger charge is -2.31. The van der Waals surface area contributed by atoms with Gasteiger partial charge < -0.3 is 14.4 Å². The molecule has 0 spiro atoms. The van der Waals surface area contributed by atoms with Crippen LogP contribution in [0.1, 0.15) is 22.8 Å². The van der Waals surface area contributed by atoms with E-state index in [4.69, 9.17) is 14.6 Å². The van der Waals surface area contributed by atoms with Crippen molar-refractivity contribution in [1.82, 2.24) is 14.7 Å². The van der Waals surface area contributed by atoms with E-state index in [2.05, 4.69) is 12.1 Å². The summed E-state index contributed by atoms with van der Waals surface area (Å²) in [5, 5.41) is 4.78. The molecule has 1 fully saturated rings. The highest BCUT2D eigenvalue weighted by Gasteiger charge is 2.27. The van der Waals surface area contributed by atoms with Crippen molar-refractivity contribution >= 4 is 5.91 Å². The molecule has 1 amide bonds. The third-order valence-electron chi connectivity index (χ3n) is 5.07. The van der Waals surface area contributed by atoms with Crippen molar-refractivity contribution in [2.75, 3.05) is 26.8 Å². The van der Waals surface area contributed by atoms with Gasteiger partial charge in [-0.05, 0) is 24.6 Å². The number of hydrogen-bond acceptors (Lipinski definition) is 4. The van der Waals surface area contributed by atoms with Gasteiger partial charge in [0.2, 0.25) is 0 Å². The van der Waals surface area contributed by atoms with E-state index in [9.17, 15) is 4.79 Å². The van der Waals surface area contributed by atoms with Crippen LogP contribution >= 0.6 is 0 Å². The molecule has 6 heteroatoms. The summed E-state index contributed by atoms with van der Waals surface area (Å²) in [7, 11) is 1.63. The molecule has 3 aromatic rings. The maximum atomic E-state index is 13.4. The van der Waals surface area contributed by atoms with Crippen LogP contribution in [0.15, 0.2) is 60.8 Å². The van der Waals surface area contributed by atoms with Crippen LogP contribution in [0, 0.1) is 0 Å². The first-order chi connectivity index (χ1) is 14.2. The van der Waals surface area contributed by atoms with Crippen molar-refractivity contribution in [3.05, 3.63) is 71.9 Å². The number of benzene rings is 2. The van der Waals surface area contributed by atoms with E-state index >= 15 is 0 Å². The summed E-state index contributed by atoms with van der Waals surface area (Å²) in [6.45, 7) is 4.29. The SMILES string of the molecule is COc1ccccc1-c1nn(Cc2ccccc2)cc1C(=O)N1CCOC(C)C1. The molecule has 0 radical (unpaired) electrons. The highest BCUT2D eigenvalue weighted by atomic mass is 16.5. The molecule has 1 saturated heterocycles. The molecule has 1 atom stereocenters. The lowest BCUT2D eigenvalue weighted by atomic mass is 10.1. The van der Waals surface area contributed by atoms with Crippen LogP contribution in [0.4, 0.5) is 0 Å². The summed E-state index contributed by atoms with van der Waals surface area (Å²) in [5.74, 6) is 0.669. The standard InChI is InChI=1S/C23H25N3O3/c1-17-14-25(12-13-29-17)23(27)20-16-26(15-18-8-4-3-5-9-18)24-22(20)19-10-6-7-11-21(19)28-2/h3-11,16-17H,12-15H2,1-2H3. The molecule has 1 unspecified atom stereocenters. The summed E-state index contributed by atoms with van der Waals surface area (Å²) < 4.78 is 13.0. The second-order valence-electron chi connectivity index (χ2n) is 7.21. The fraction of sp³-hybridized carbons (Fsp3) is 0.304. The normalized spacial score (nSPS) is 16.6. The van der Waals surface area contributed by atoms with Crippen molar-refractivity contribution < 1.29 is 14.3 Å². The summed E-state index contributed by atoms with van der Waals surface area (Å²) in [6, 6.07) is 17.8. The smallest absolute Gasteiger partial charge is 0.257 e. The van der Waals surface area contributed by atoms with Crippen molar-refractivity contribution in [3.63, 3.8) is 0 Å². The third-order valence-corrected chi connectivity index (χ3v) is 5.07. The molecular formula is C23H25N3O3. The Hall–Kier alpha value is -3.12. The second kappa shape index (κ2) is 8.49. The number of carbonyl (C=O) groups is 1. The zero-order valence-electron chi connectivity index (χ0n) is 16.7. The molecule has 6 nitrogen and oxygen atoms in total. The Morgan fingerprint density at radius 3 is 2.69 bits per heavy atom. The molecule has 1 aliphatic heterocycles.